The second kappa shape index (κ2) is 6.69. The van der Waals surface area contributed by atoms with Crippen molar-refractivity contribution in [2.75, 3.05) is 7.11 Å². The van der Waals surface area contributed by atoms with Crippen LogP contribution in [0.1, 0.15) is 44.1 Å². The Morgan fingerprint density at radius 1 is 1.25 bits per heavy atom. The van der Waals surface area contributed by atoms with Gasteiger partial charge in [-0.15, -0.1) is 0 Å². The number of hydrogen-bond donors (Lipinski definition) is 0. The number of allylic oxidation sites excluding steroid dienone is 1. The number of benzene rings is 1. The quantitative estimate of drug-likeness (QED) is 0.610. The van der Waals surface area contributed by atoms with Crippen molar-refractivity contribution in [1.82, 2.24) is 0 Å². The molecule has 108 valence electrons. The van der Waals surface area contributed by atoms with Gasteiger partial charge in [-0.25, -0.2) is 4.39 Å². The molecule has 0 N–H and O–H groups in total. The highest BCUT2D eigenvalue weighted by Gasteiger charge is 2.31. The molecule has 20 heavy (non-hydrogen) atoms. The lowest BCUT2D eigenvalue weighted by Gasteiger charge is -2.35. The van der Waals surface area contributed by atoms with E-state index in [4.69, 9.17) is 0 Å². The lowest BCUT2D eigenvalue weighted by atomic mass is 9.69. The maximum Gasteiger partial charge on any atom is 0.309 e. The summed E-state index contributed by atoms with van der Waals surface area (Å²) in [6.07, 6.45) is 9.98. The third kappa shape index (κ3) is 3.47. The van der Waals surface area contributed by atoms with Crippen LogP contribution in [-0.2, 0) is 14.9 Å². The van der Waals surface area contributed by atoms with E-state index in [0.717, 1.165) is 18.4 Å². The van der Waals surface area contributed by atoms with E-state index in [9.17, 15) is 9.18 Å². The SMILES string of the molecule is COC(=O)CC=CC1(c2ccc(F)cc2)CCCCC1. The summed E-state index contributed by atoms with van der Waals surface area (Å²) in [5, 5.41) is 0. The smallest absolute Gasteiger partial charge is 0.309 e. The highest BCUT2D eigenvalue weighted by Crippen LogP contribution is 2.40. The Kier molecular flexibility index (Phi) is 4.94. The van der Waals surface area contributed by atoms with Gasteiger partial charge >= 0.3 is 5.97 Å². The first-order valence-electron chi connectivity index (χ1n) is 7.17. The van der Waals surface area contributed by atoms with Gasteiger partial charge in [0.15, 0.2) is 0 Å². The Balaban J connectivity index is 2.21. The van der Waals surface area contributed by atoms with Crippen LogP contribution in [0, 0.1) is 5.82 Å². The molecule has 0 radical (unpaired) electrons. The topological polar surface area (TPSA) is 26.3 Å². The van der Waals surface area contributed by atoms with Gasteiger partial charge in [-0.2, -0.15) is 0 Å². The van der Waals surface area contributed by atoms with Gasteiger partial charge in [0.05, 0.1) is 13.5 Å². The predicted octanol–water partition coefficient (Wildman–Crippen LogP) is 4.15. The van der Waals surface area contributed by atoms with Crippen LogP contribution >= 0.6 is 0 Å². The molecule has 0 unspecified atom stereocenters. The van der Waals surface area contributed by atoms with Gasteiger partial charge < -0.3 is 4.74 Å². The summed E-state index contributed by atoms with van der Waals surface area (Å²) < 4.78 is 17.8. The summed E-state index contributed by atoms with van der Waals surface area (Å²) in [6.45, 7) is 0. The van der Waals surface area contributed by atoms with Crippen molar-refractivity contribution >= 4 is 5.97 Å². The van der Waals surface area contributed by atoms with Crippen molar-refractivity contribution in [3.05, 3.63) is 47.8 Å². The van der Waals surface area contributed by atoms with E-state index in [1.807, 2.05) is 18.2 Å². The van der Waals surface area contributed by atoms with Gasteiger partial charge in [-0.05, 0) is 30.5 Å². The maximum atomic E-state index is 13.1. The van der Waals surface area contributed by atoms with E-state index in [0.29, 0.717) is 6.42 Å². The second-order valence-corrected chi connectivity index (χ2v) is 5.41. The first-order chi connectivity index (χ1) is 9.66. The van der Waals surface area contributed by atoms with Crippen LogP contribution in [0.15, 0.2) is 36.4 Å². The monoisotopic (exact) mass is 276 g/mol. The number of hydrogen-bond acceptors (Lipinski definition) is 2. The molecular formula is C17H21FO2. The lowest BCUT2D eigenvalue weighted by molar-refractivity contribution is -0.139. The van der Waals surface area contributed by atoms with Crippen molar-refractivity contribution in [1.29, 1.82) is 0 Å². The van der Waals surface area contributed by atoms with Gasteiger partial charge in [0.1, 0.15) is 5.82 Å². The molecule has 0 spiro atoms. The normalized spacial score (nSPS) is 18.1. The number of esters is 1. The van der Waals surface area contributed by atoms with Gasteiger partial charge in [0.2, 0.25) is 0 Å². The van der Waals surface area contributed by atoms with Gasteiger partial charge in [-0.3, -0.25) is 4.79 Å². The maximum absolute atomic E-state index is 13.1. The highest BCUT2D eigenvalue weighted by atomic mass is 19.1. The molecule has 0 amide bonds. The minimum Gasteiger partial charge on any atom is -0.469 e. The summed E-state index contributed by atoms with van der Waals surface area (Å²) in [7, 11) is 1.40. The molecule has 1 fully saturated rings. The second-order valence-electron chi connectivity index (χ2n) is 5.41. The van der Waals surface area contributed by atoms with Gasteiger partial charge in [0.25, 0.3) is 0 Å². The van der Waals surface area contributed by atoms with Crippen molar-refractivity contribution in [3.63, 3.8) is 0 Å². The minimum absolute atomic E-state index is 0.0556. The van der Waals surface area contributed by atoms with Gasteiger partial charge in [0, 0.05) is 5.41 Å². The first kappa shape index (κ1) is 14.8. The minimum atomic E-state index is -0.230. The van der Waals surface area contributed by atoms with Crippen LogP contribution in [0.3, 0.4) is 0 Å². The number of carbonyl (C=O) groups excluding carboxylic acids is 1. The fourth-order valence-electron chi connectivity index (χ4n) is 2.98. The zero-order chi connectivity index (χ0) is 14.4. The molecule has 1 aromatic carbocycles. The predicted molar refractivity (Wildman–Crippen MR) is 76.9 cm³/mol. The molecule has 0 bridgehead atoms. The van der Waals surface area contributed by atoms with E-state index < -0.39 is 0 Å². The first-order valence-corrected chi connectivity index (χ1v) is 7.17. The number of methoxy groups -OCH3 is 1. The summed E-state index contributed by atoms with van der Waals surface area (Å²) in [5.74, 6) is -0.440. The number of rotatable bonds is 4. The van der Waals surface area contributed by atoms with Crippen LogP contribution in [0.5, 0.6) is 0 Å². The zero-order valence-corrected chi connectivity index (χ0v) is 11.9. The summed E-state index contributed by atoms with van der Waals surface area (Å²) in [4.78, 5) is 11.2. The molecule has 2 nitrogen and oxygen atoms in total. The number of halogens is 1. The van der Waals surface area contributed by atoms with E-state index in [1.165, 1.54) is 38.5 Å². The molecule has 1 saturated carbocycles. The molecule has 0 atom stereocenters. The molecular weight excluding hydrogens is 255 g/mol. The molecule has 1 aromatic rings. The largest absolute Gasteiger partial charge is 0.469 e. The molecule has 1 aliphatic carbocycles. The molecule has 0 aromatic heterocycles. The molecule has 1 aliphatic rings. The standard InChI is InChI=1S/C17H21FO2/c1-20-16(19)6-5-13-17(11-3-2-4-12-17)14-7-9-15(18)10-8-14/h5,7-10,13H,2-4,6,11-12H2,1H3. The van der Waals surface area contributed by atoms with Crippen LogP contribution in [0.25, 0.3) is 0 Å². The Morgan fingerprint density at radius 2 is 1.90 bits per heavy atom. The third-order valence-corrected chi connectivity index (χ3v) is 4.11. The number of carbonyl (C=O) groups is 1. The Labute approximate surface area is 119 Å². The molecule has 0 heterocycles. The lowest BCUT2D eigenvalue weighted by Crippen LogP contribution is -2.26. The fourth-order valence-corrected chi connectivity index (χ4v) is 2.98. The average molecular weight is 276 g/mol. The van der Waals surface area contributed by atoms with E-state index >= 15 is 0 Å². The number of ether oxygens (including phenoxy) is 1. The van der Waals surface area contributed by atoms with Crippen molar-refractivity contribution in [2.45, 2.75) is 43.9 Å². The molecule has 0 aliphatic heterocycles. The van der Waals surface area contributed by atoms with E-state index in [2.05, 4.69) is 10.8 Å². The highest BCUT2D eigenvalue weighted by molar-refractivity contribution is 5.70. The van der Waals surface area contributed by atoms with Crippen LogP contribution in [0.2, 0.25) is 0 Å². The Hall–Kier alpha value is -1.64. The van der Waals surface area contributed by atoms with Crippen LogP contribution < -0.4 is 0 Å². The molecule has 3 heteroatoms. The van der Waals surface area contributed by atoms with Crippen LogP contribution in [0.4, 0.5) is 4.39 Å². The third-order valence-electron chi connectivity index (χ3n) is 4.11. The summed E-state index contributed by atoms with van der Waals surface area (Å²) >= 11 is 0. The van der Waals surface area contributed by atoms with Crippen molar-refractivity contribution in [2.24, 2.45) is 0 Å². The van der Waals surface area contributed by atoms with E-state index in [1.54, 1.807) is 0 Å². The molecule has 2 rings (SSSR count). The summed E-state index contributed by atoms with van der Waals surface area (Å²) in [5.41, 5.74) is 1.08. The van der Waals surface area contributed by atoms with Crippen molar-refractivity contribution < 1.29 is 13.9 Å². The van der Waals surface area contributed by atoms with Crippen molar-refractivity contribution in [3.8, 4) is 0 Å². The fraction of sp³-hybridized carbons (Fsp3) is 0.471. The molecule has 0 saturated heterocycles. The average Bonchev–Trinajstić information content (AvgIpc) is 2.48. The zero-order valence-electron chi connectivity index (χ0n) is 11.9. The Bertz CT molecular complexity index is 470. The summed E-state index contributed by atoms with van der Waals surface area (Å²) in [6, 6.07) is 6.76. The van der Waals surface area contributed by atoms with E-state index in [-0.39, 0.29) is 17.2 Å². The Morgan fingerprint density at radius 3 is 2.50 bits per heavy atom. The van der Waals surface area contributed by atoms with Crippen LogP contribution in [-0.4, -0.2) is 13.1 Å². The van der Waals surface area contributed by atoms with Gasteiger partial charge in [-0.1, -0.05) is 43.5 Å².